The minimum absolute atomic E-state index is 0.0941. The molecule has 0 radical (unpaired) electrons. The number of aromatic nitrogens is 4. The van der Waals surface area contributed by atoms with Crippen LogP contribution in [-0.2, 0) is 0 Å². The Morgan fingerprint density at radius 1 is 1.17 bits per heavy atom. The van der Waals surface area contributed by atoms with Crippen LogP contribution >= 0.6 is 27.7 Å². The Hall–Kier alpha value is -1.99. The number of thioether (sulfide) groups is 1. The zero-order chi connectivity index (χ0) is 20.2. The van der Waals surface area contributed by atoms with Gasteiger partial charge in [0.2, 0.25) is 0 Å². The molecule has 0 saturated heterocycles. The Balaban J connectivity index is 1.61. The van der Waals surface area contributed by atoms with Crippen molar-refractivity contribution in [2.24, 2.45) is 5.92 Å². The highest BCUT2D eigenvalue weighted by atomic mass is 79.9. The minimum Gasteiger partial charge on any atom is -0.299 e. The largest absolute Gasteiger partial charge is 0.299 e. The molecular formula is C22H23BrN4OS. The summed E-state index contributed by atoms with van der Waals surface area (Å²) in [6, 6.07) is 11.8. The summed E-state index contributed by atoms with van der Waals surface area (Å²) in [5.41, 5.74) is 1.68. The standard InChI is InChI=1S/C22H23BrN4OS/c1-15-5-2-3-7-19(15)27-21(17-6-4-12-24-13-17)25-26-22(27)29-14-20(28)16-8-10-18(23)11-9-16/h4,6,8-13,15,19H,2-3,5,7,14H2,1H3/t15-,19+/m1/s1. The van der Waals surface area contributed by atoms with Gasteiger partial charge >= 0.3 is 0 Å². The lowest BCUT2D eigenvalue weighted by Gasteiger charge is -2.31. The molecule has 2 heterocycles. The maximum absolute atomic E-state index is 12.7. The van der Waals surface area contributed by atoms with Crippen molar-refractivity contribution < 1.29 is 4.79 Å². The normalized spacial score (nSPS) is 19.2. The molecule has 1 fully saturated rings. The van der Waals surface area contributed by atoms with E-state index in [2.05, 4.69) is 42.6 Å². The van der Waals surface area contributed by atoms with Gasteiger partial charge in [-0.3, -0.25) is 14.3 Å². The topological polar surface area (TPSA) is 60.7 Å². The van der Waals surface area contributed by atoms with Gasteiger partial charge in [0.1, 0.15) is 0 Å². The molecule has 1 aliphatic carbocycles. The van der Waals surface area contributed by atoms with Crippen LogP contribution in [0.4, 0.5) is 0 Å². The summed E-state index contributed by atoms with van der Waals surface area (Å²) >= 11 is 4.88. The number of halogens is 1. The second-order valence-corrected chi connectivity index (χ2v) is 9.32. The Bertz CT molecular complexity index is 974. The number of carbonyl (C=O) groups is 1. The lowest BCUT2D eigenvalue weighted by Crippen LogP contribution is -2.22. The van der Waals surface area contributed by atoms with Crippen LogP contribution in [0.25, 0.3) is 11.4 Å². The molecule has 0 spiro atoms. The van der Waals surface area contributed by atoms with Crippen LogP contribution in [-0.4, -0.2) is 31.3 Å². The Kier molecular flexibility index (Phi) is 6.45. The minimum atomic E-state index is 0.0941. The number of hydrogen-bond donors (Lipinski definition) is 0. The fraction of sp³-hybridized carbons (Fsp3) is 0.364. The molecular weight excluding hydrogens is 448 g/mol. The number of benzene rings is 1. The second kappa shape index (κ2) is 9.22. The van der Waals surface area contributed by atoms with Crippen LogP contribution in [0.3, 0.4) is 0 Å². The van der Waals surface area contributed by atoms with Crippen molar-refractivity contribution in [3.63, 3.8) is 0 Å². The smallest absolute Gasteiger partial charge is 0.192 e. The summed E-state index contributed by atoms with van der Waals surface area (Å²) in [4.78, 5) is 16.9. The van der Waals surface area contributed by atoms with Gasteiger partial charge in [0, 0.05) is 34.0 Å². The van der Waals surface area contributed by atoms with E-state index in [1.54, 1.807) is 6.20 Å². The first-order valence-electron chi connectivity index (χ1n) is 9.90. The molecule has 1 aromatic carbocycles. The van der Waals surface area contributed by atoms with Crippen molar-refractivity contribution in [1.82, 2.24) is 19.7 Å². The molecule has 1 saturated carbocycles. The molecule has 2 atom stereocenters. The van der Waals surface area contributed by atoms with E-state index in [1.165, 1.54) is 31.0 Å². The Morgan fingerprint density at radius 3 is 2.69 bits per heavy atom. The Morgan fingerprint density at radius 2 is 1.97 bits per heavy atom. The summed E-state index contributed by atoms with van der Waals surface area (Å²) in [5, 5.41) is 9.78. The third-order valence-electron chi connectivity index (χ3n) is 5.48. The first-order chi connectivity index (χ1) is 14.1. The molecule has 2 aromatic heterocycles. The molecule has 29 heavy (non-hydrogen) atoms. The van der Waals surface area contributed by atoms with Gasteiger partial charge in [-0.1, -0.05) is 59.6 Å². The van der Waals surface area contributed by atoms with Crippen LogP contribution in [0, 0.1) is 5.92 Å². The molecule has 150 valence electrons. The monoisotopic (exact) mass is 470 g/mol. The maximum Gasteiger partial charge on any atom is 0.192 e. The average molecular weight is 471 g/mol. The molecule has 0 aliphatic heterocycles. The molecule has 0 unspecified atom stereocenters. The number of ketones is 1. The fourth-order valence-electron chi connectivity index (χ4n) is 3.90. The summed E-state index contributed by atoms with van der Waals surface area (Å²) in [7, 11) is 0. The molecule has 7 heteroatoms. The summed E-state index contributed by atoms with van der Waals surface area (Å²) in [6.45, 7) is 2.30. The zero-order valence-corrected chi connectivity index (χ0v) is 18.7. The van der Waals surface area contributed by atoms with Crippen molar-refractivity contribution in [1.29, 1.82) is 0 Å². The van der Waals surface area contributed by atoms with Gasteiger partial charge in [-0.15, -0.1) is 10.2 Å². The molecule has 0 amide bonds. The number of pyridine rings is 1. The molecule has 1 aliphatic rings. The van der Waals surface area contributed by atoms with E-state index in [0.717, 1.165) is 27.4 Å². The van der Waals surface area contributed by atoms with Crippen molar-refractivity contribution in [2.75, 3.05) is 5.75 Å². The summed E-state index contributed by atoms with van der Waals surface area (Å²) < 4.78 is 3.22. The highest BCUT2D eigenvalue weighted by Crippen LogP contribution is 2.38. The van der Waals surface area contributed by atoms with E-state index in [9.17, 15) is 4.79 Å². The van der Waals surface area contributed by atoms with E-state index in [-0.39, 0.29) is 5.78 Å². The number of carbonyl (C=O) groups excluding carboxylic acids is 1. The highest BCUT2D eigenvalue weighted by Gasteiger charge is 2.29. The predicted molar refractivity (Wildman–Crippen MR) is 119 cm³/mol. The van der Waals surface area contributed by atoms with Gasteiger partial charge in [-0.2, -0.15) is 0 Å². The number of rotatable bonds is 6. The molecule has 5 nitrogen and oxygen atoms in total. The third-order valence-corrected chi connectivity index (χ3v) is 6.95. The van der Waals surface area contributed by atoms with E-state index in [0.29, 0.717) is 23.3 Å². The van der Waals surface area contributed by atoms with Crippen LogP contribution < -0.4 is 0 Å². The summed E-state index contributed by atoms with van der Waals surface area (Å²) in [6.07, 6.45) is 8.39. The number of Topliss-reactive ketones (excluding diaryl/α,β-unsaturated/α-hetero) is 1. The lowest BCUT2D eigenvalue weighted by atomic mass is 9.85. The number of hydrogen-bond acceptors (Lipinski definition) is 5. The van der Waals surface area contributed by atoms with Crippen molar-refractivity contribution in [3.05, 3.63) is 58.8 Å². The van der Waals surface area contributed by atoms with Crippen LogP contribution in [0.2, 0.25) is 0 Å². The fourth-order valence-corrected chi connectivity index (χ4v) is 5.05. The lowest BCUT2D eigenvalue weighted by molar-refractivity contribution is 0.102. The molecule has 0 N–H and O–H groups in total. The molecule has 4 rings (SSSR count). The summed E-state index contributed by atoms with van der Waals surface area (Å²) in [5.74, 6) is 1.83. The average Bonchev–Trinajstić information content (AvgIpc) is 3.17. The van der Waals surface area contributed by atoms with E-state index < -0.39 is 0 Å². The van der Waals surface area contributed by atoms with E-state index in [4.69, 9.17) is 0 Å². The first-order valence-corrected chi connectivity index (χ1v) is 11.7. The number of nitrogens with zero attached hydrogens (tertiary/aromatic N) is 4. The quantitative estimate of drug-likeness (QED) is 0.335. The van der Waals surface area contributed by atoms with Gasteiger partial charge in [0.15, 0.2) is 16.8 Å². The second-order valence-electron chi connectivity index (χ2n) is 7.47. The third kappa shape index (κ3) is 4.61. The zero-order valence-electron chi connectivity index (χ0n) is 16.3. The van der Waals surface area contributed by atoms with E-state index in [1.807, 2.05) is 42.6 Å². The van der Waals surface area contributed by atoms with Crippen molar-refractivity contribution in [2.45, 2.75) is 43.8 Å². The SMILES string of the molecule is C[C@@H]1CCCC[C@@H]1n1c(SCC(=O)c2ccc(Br)cc2)nnc1-c1cccnc1. The molecule has 0 bridgehead atoms. The van der Waals surface area contributed by atoms with Crippen LogP contribution in [0.1, 0.15) is 49.0 Å². The maximum atomic E-state index is 12.7. The highest BCUT2D eigenvalue weighted by molar-refractivity contribution is 9.10. The van der Waals surface area contributed by atoms with Gasteiger partial charge in [0.25, 0.3) is 0 Å². The van der Waals surface area contributed by atoms with Crippen LogP contribution in [0.15, 0.2) is 58.4 Å². The predicted octanol–water partition coefficient (Wildman–Crippen LogP) is 5.83. The van der Waals surface area contributed by atoms with Gasteiger partial charge in [-0.05, 0) is 43.0 Å². The van der Waals surface area contributed by atoms with Gasteiger partial charge in [-0.25, -0.2) is 0 Å². The van der Waals surface area contributed by atoms with Crippen molar-refractivity contribution in [3.8, 4) is 11.4 Å². The van der Waals surface area contributed by atoms with Crippen molar-refractivity contribution >= 4 is 33.5 Å². The Labute approximate surface area is 183 Å². The molecule has 3 aromatic rings. The van der Waals surface area contributed by atoms with E-state index >= 15 is 0 Å². The van der Waals surface area contributed by atoms with Gasteiger partial charge < -0.3 is 0 Å². The van der Waals surface area contributed by atoms with Gasteiger partial charge in [0.05, 0.1) is 5.75 Å². The first kappa shape index (κ1) is 20.3. The van der Waals surface area contributed by atoms with Crippen LogP contribution in [0.5, 0.6) is 0 Å².